The number of nitrogens with zero attached hydrogens (tertiary/aromatic N) is 2. The van der Waals surface area contributed by atoms with E-state index in [4.69, 9.17) is 16.3 Å². The maximum absolute atomic E-state index is 12.5. The molecule has 6 nitrogen and oxygen atoms in total. The van der Waals surface area contributed by atoms with Gasteiger partial charge < -0.3 is 15.0 Å². The number of hydrogen-bond donors (Lipinski definition) is 2. The van der Waals surface area contributed by atoms with Crippen LogP contribution in [0.3, 0.4) is 0 Å². The number of anilines is 1. The lowest BCUT2D eigenvalue weighted by Crippen LogP contribution is -2.44. The first-order valence-corrected chi connectivity index (χ1v) is 10.6. The average molecular weight is 419 g/mol. The summed E-state index contributed by atoms with van der Waals surface area (Å²) in [5.41, 5.74) is 2.85. The first-order valence-electron chi connectivity index (χ1n) is 9.34. The van der Waals surface area contributed by atoms with Crippen molar-refractivity contribution in [3.05, 3.63) is 46.1 Å². The Morgan fingerprint density at radius 3 is 2.96 bits per heavy atom. The largest absolute Gasteiger partial charge is 0.373 e. The van der Waals surface area contributed by atoms with Crippen molar-refractivity contribution in [2.75, 3.05) is 18.4 Å². The van der Waals surface area contributed by atoms with Gasteiger partial charge in [0.25, 0.3) is 0 Å². The molecule has 28 heavy (non-hydrogen) atoms. The van der Waals surface area contributed by atoms with Crippen LogP contribution < -0.4 is 5.32 Å². The van der Waals surface area contributed by atoms with Gasteiger partial charge in [-0.05, 0) is 31.5 Å². The van der Waals surface area contributed by atoms with Crippen molar-refractivity contribution in [2.45, 2.75) is 39.0 Å². The van der Waals surface area contributed by atoms with Crippen LogP contribution in [0.1, 0.15) is 25.1 Å². The lowest BCUT2D eigenvalue weighted by molar-refractivity contribution is -0.115. The second-order valence-electron chi connectivity index (χ2n) is 7.32. The summed E-state index contributed by atoms with van der Waals surface area (Å²) in [6.45, 7) is 6.75. The van der Waals surface area contributed by atoms with Gasteiger partial charge in [0, 0.05) is 47.1 Å². The molecule has 8 heteroatoms. The van der Waals surface area contributed by atoms with Gasteiger partial charge in [-0.1, -0.05) is 17.7 Å². The summed E-state index contributed by atoms with van der Waals surface area (Å²) in [7, 11) is 0. The molecule has 2 atom stereocenters. The molecule has 1 aliphatic heterocycles. The van der Waals surface area contributed by atoms with Crippen molar-refractivity contribution in [2.24, 2.45) is 0 Å². The van der Waals surface area contributed by atoms with E-state index in [-0.39, 0.29) is 24.5 Å². The lowest BCUT2D eigenvalue weighted by atomic mass is 10.1. The third-order valence-electron chi connectivity index (χ3n) is 4.76. The molecule has 0 radical (unpaired) electrons. The Hall–Kier alpha value is -1.93. The van der Waals surface area contributed by atoms with Crippen LogP contribution in [0.5, 0.6) is 0 Å². The molecule has 1 aromatic carbocycles. The minimum atomic E-state index is -0.0784. The number of benzene rings is 1. The summed E-state index contributed by atoms with van der Waals surface area (Å²) < 4.78 is 5.77. The monoisotopic (exact) mass is 418 g/mol. The van der Waals surface area contributed by atoms with Gasteiger partial charge in [0.05, 0.1) is 24.3 Å². The van der Waals surface area contributed by atoms with E-state index in [0.29, 0.717) is 10.2 Å². The third-order valence-corrected chi connectivity index (χ3v) is 5.80. The summed E-state index contributed by atoms with van der Waals surface area (Å²) in [5.74, 6) is -0.0784. The highest BCUT2D eigenvalue weighted by Crippen LogP contribution is 2.23. The van der Waals surface area contributed by atoms with Crippen molar-refractivity contribution < 1.29 is 9.53 Å². The lowest BCUT2D eigenvalue weighted by Gasteiger charge is -2.34. The molecule has 2 N–H and O–H groups in total. The Bertz CT molecular complexity index is 976. The number of carbonyl (C=O) groups excluding carboxylic acids is 1. The molecule has 4 rings (SSSR count). The van der Waals surface area contributed by atoms with Crippen LogP contribution in [0.15, 0.2) is 29.8 Å². The fourth-order valence-corrected chi connectivity index (χ4v) is 4.61. The number of hydrogen-bond acceptors (Lipinski definition) is 5. The number of carbonyl (C=O) groups is 1. The molecule has 0 aliphatic carbocycles. The summed E-state index contributed by atoms with van der Waals surface area (Å²) >= 11 is 7.47. The number of morpholine rings is 1. The second kappa shape index (κ2) is 8.21. The summed E-state index contributed by atoms with van der Waals surface area (Å²) in [5, 5.41) is 7.24. The van der Waals surface area contributed by atoms with E-state index in [9.17, 15) is 4.79 Å². The molecule has 1 aliphatic rings. The molecule has 1 saturated heterocycles. The van der Waals surface area contributed by atoms with E-state index in [1.807, 2.05) is 29.8 Å². The Balaban J connectivity index is 1.36. The first kappa shape index (κ1) is 19.4. The van der Waals surface area contributed by atoms with Crippen molar-refractivity contribution in [3.8, 4) is 0 Å². The molecule has 1 fully saturated rings. The Kier molecular flexibility index (Phi) is 5.68. The molecular formula is C20H23ClN4O2S. The zero-order valence-electron chi connectivity index (χ0n) is 15.9. The Morgan fingerprint density at radius 2 is 2.18 bits per heavy atom. The van der Waals surface area contributed by atoms with Gasteiger partial charge in [0.2, 0.25) is 5.91 Å². The number of halogens is 1. The smallest absolute Gasteiger partial charge is 0.230 e. The average Bonchev–Trinajstić information content (AvgIpc) is 3.20. The van der Waals surface area contributed by atoms with E-state index in [0.717, 1.165) is 41.8 Å². The van der Waals surface area contributed by atoms with E-state index < -0.39 is 0 Å². The van der Waals surface area contributed by atoms with Crippen LogP contribution in [0.4, 0.5) is 5.13 Å². The highest BCUT2D eigenvalue weighted by Gasteiger charge is 2.22. The minimum absolute atomic E-state index is 0.0784. The Morgan fingerprint density at radius 1 is 1.39 bits per heavy atom. The SMILES string of the molecule is CC1CN(Cc2csc(NC(=O)Cc3c[nH]c4cc(Cl)ccc34)n2)CC(C)O1. The Labute approximate surface area is 172 Å². The zero-order valence-corrected chi connectivity index (χ0v) is 17.4. The van der Waals surface area contributed by atoms with Crippen molar-refractivity contribution in [1.82, 2.24) is 14.9 Å². The number of fused-ring (bicyclic) bond motifs is 1. The van der Waals surface area contributed by atoms with Crippen molar-refractivity contribution in [3.63, 3.8) is 0 Å². The molecule has 2 unspecified atom stereocenters. The van der Waals surface area contributed by atoms with Crippen LogP contribution in [0.25, 0.3) is 10.9 Å². The quantitative estimate of drug-likeness (QED) is 0.655. The number of H-pyrrole nitrogens is 1. The second-order valence-corrected chi connectivity index (χ2v) is 8.62. The number of aromatic amines is 1. The molecular weight excluding hydrogens is 396 g/mol. The van der Waals surface area contributed by atoms with Crippen LogP contribution >= 0.6 is 22.9 Å². The molecule has 3 heterocycles. The highest BCUT2D eigenvalue weighted by molar-refractivity contribution is 7.13. The van der Waals surface area contributed by atoms with E-state index in [1.165, 1.54) is 11.3 Å². The number of thiazole rings is 1. The summed E-state index contributed by atoms with van der Waals surface area (Å²) in [6.07, 6.45) is 2.60. The predicted molar refractivity (Wildman–Crippen MR) is 113 cm³/mol. The predicted octanol–water partition coefficient (Wildman–Crippen LogP) is 4.07. The van der Waals surface area contributed by atoms with Gasteiger partial charge in [-0.25, -0.2) is 4.98 Å². The number of amides is 1. The summed E-state index contributed by atoms with van der Waals surface area (Å²) in [6, 6.07) is 5.63. The maximum Gasteiger partial charge on any atom is 0.230 e. The van der Waals surface area contributed by atoms with Crippen LogP contribution in [0.2, 0.25) is 5.02 Å². The van der Waals surface area contributed by atoms with Gasteiger partial charge in [-0.15, -0.1) is 11.3 Å². The van der Waals surface area contributed by atoms with Crippen molar-refractivity contribution in [1.29, 1.82) is 0 Å². The van der Waals surface area contributed by atoms with Crippen LogP contribution in [-0.2, 0) is 22.5 Å². The topological polar surface area (TPSA) is 70.2 Å². The molecule has 148 valence electrons. The first-order chi connectivity index (χ1) is 13.5. The molecule has 3 aromatic rings. The van der Waals surface area contributed by atoms with Gasteiger partial charge in [-0.2, -0.15) is 0 Å². The summed E-state index contributed by atoms with van der Waals surface area (Å²) in [4.78, 5) is 22.5. The number of nitrogens with one attached hydrogen (secondary N) is 2. The normalized spacial score (nSPS) is 20.5. The standard InChI is InChI=1S/C20H23ClN4O2S/c1-12-8-25(9-13(2)27-12)10-16-11-28-20(23-16)24-19(26)5-14-7-22-18-6-15(21)3-4-17(14)18/h3-4,6-7,11-13,22H,5,8-10H2,1-2H3,(H,23,24,26). The van der Waals surface area contributed by atoms with E-state index >= 15 is 0 Å². The fourth-order valence-electron chi connectivity index (χ4n) is 3.72. The van der Waals surface area contributed by atoms with E-state index in [2.05, 4.69) is 34.0 Å². The van der Waals surface area contributed by atoms with Gasteiger partial charge in [-0.3, -0.25) is 9.69 Å². The number of ether oxygens (including phenoxy) is 1. The van der Waals surface area contributed by atoms with Gasteiger partial charge in [0.1, 0.15) is 0 Å². The van der Waals surface area contributed by atoms with Crippen molar-refractivity contribution >= 4 is 44.9 Å². The minimum Gasteiger partial charge on any atom is -0.373 e. The molecule has 2 aromatic heterocycles. The van der Waals surface area contributed by atoms with Gasteiger partial charge in [0.15, 0.2) is 5.13 Å². The van der Waals surface area contributed by atoms with Crippen LogP contribution in [0, 0.1) is 0 Å². The third kappa shape index (κ3) is 4.55. The molecule has 0 saturated carbocycles. The van der Waals surface area contributed by atoms with Crippen LogP contribution in [-0.4, -0.2) is 46.1 Å². The van der Waals surface area contributed by atoms with Gasteiger partial charge >= 0.3 is 0 Å². The maximum atomic E-state index is 12.5. The molecule has 0 spiro atoms. The number of aromatic nitrogens is 2. The zero-order chi connectivity index (χ0) is 19.7. The van der Waals surface area contributed by atoms with E-state index in [1.54, 1.807) is 0 Å². The molecule has 0 bridgehead atoms. The number of rotatable bonds is 5. The highest BCUT2D eigenvalue weighted by atomic mass is 35.5. The molecule has 1 amide bonds. The fraction of sp³-hybridized carbons (Fsp3) is 0.400.